The number of hydrogen-bond donors (Lipinski definition) is 1. The van der Waals surface area contributed by atoms with Crippen LogP contribution < -0.4 is 5.32 Å². The van der Waals surface area contributed by atoms with Crippen LogP contribution in [0.4, 0.5) is 18.9 Å². The van der Waals surface area contributed by atoms with E-state index in [-0.39, 0.29) is 0 Å². The lowest BCUT2D eigenvalue weighted by atomic mass is 10.1. The number of hydrogen-bond acceptors (Lipinski definition) is 1. The van der Waals surface area contributed by atoms with Gasteiger partial charge in [0.2, 0.25) is 0 Å². The molecule has 0 aliphatic heterocycles. The smallest absolute Gasteiger partial charge is 0.139 e. The van der Waals surface area contributed by atoms with Gasteiger partial charge < -0.3 is 5.32 Å². The first kappa shape index (κ1) is 13.9. The molecule has 19 heavy (non-hydrogen) atoms. The molecule has 0 bridgehead atoms. The van der Waals surface area contributed by atoms with Crippen molar-refractivity contribution in [3.8, 4) is 0 Å². The molecule has 0 amide bonds. The molecule has 0 aliphatic rings. The summed E-state index contributed by atoms with van der Waals surface area (Å²) in [5.41, 5.74) is 0.849. The van der Waals surface area contributed by atoms with E-state index in [2.05, 4.69) is 21.2 Å². The summed E-state index contributed by atoms with van der Waals surface area (Å²) in [6, 6.07) is 7.53. The first-order valence-corrected chi connectivity index (χ1v) is 6.43. The number of halogens is 4. The Morgan fingerprint density at radius 3 is 2.37 bits per heavy atom. The third-order valence-corrected chi connectivity index (χ3v) is 3.37. The van der Waals surface area contributed by atoms with Crippen molar-refractivity contribution >= 4 is 21.6 Å². The second kappa shape index (κ2) is 5.65. The molecule has 5 heteroatoms. The topological polar surface area (TPSA) is 12.0 Å². The molecule has 0 fully saturated rings. The maximum Gasteiger partial charge on any atom is 0.139 e. The van der Waals surface area contributed by atoms with Crippen molar-refractivity contribution in [2.45, 2.75) is 13.0 Å². The van der Waals surface area contributed by atoms with E-state index in [4.69, 9.17) is 0 Å². The molecule has 0 spiro atoms. The van der Waals surface area contributed by atoms with E-state index in [1.54, 1.807) is 19.1 Å². The van der Waals surface area contributed by atoms with E-state index in [0.29, 0.717) is 15.7 Å². The standard InChI is InChI=1S/C14H11BrF3N/c1-8(11-4-2-9(16)6-13(11)17)19-10-3-5-12(15)14(18)7-10/h2-8,19H,1H3. The fourth-order valence-electron chi connectivity index (χ4n) is 1.77. The van der Waals surface area contributed by atoms with Crippen molar-refractivity contribution in [1.82, 2.24) is 0 Å². The van der Waals surface area contributed by atoms with Gasteiger partial charge in [-0.25, -0.2) is 13.2 Å². The Bertz CT molecular complexity index is 601. The summed E-state index contributed by atoms with van der Waals surface area (Å²) in [7, 11) is 0. The van der Waals surface area contributed by atoms with Crippen LogP contribution in [0.25, 0.3) is 0 Å². The summed E-state index contributed by atoms with van der Waals surface area (Å²) < 4.78 is 40.1. The van der Waals surface area contributed by atoms with E-state index in [0.717, 1.165) is 6.07 Å². The van der Waals surface area contributed by atoms with Gasteiger partial charge in [0.15, 0.2) is 0 Å². The maximum absolute atomic E-state index is 13.6. The van der Waals surface area contributed by atoms with Crippen LogP contribution in [0.2, 0.25) is 0 Å². The molecule has 1 nitrogen and oxygen atoms in total. The van der Waals surface area contributed by atoms with E-state index in [9.17, 15) is 13.2 Å². The van der Waals surface area contributed by atoms with Crippen LogP contribution in [-0.2, 0) is 0 Å². The maximum atomic E-state index is 13.6. The Morgan fingerprint density at radius 1 is 1.00 bits per heavy atom. The number of rotatable bonds is 3. The van der Waals surface area contributed by atoms with Crippen molar-refractivity contribution < 1.29 is 13.2 Å². The van der Waals surface area contributed by atoms with E-state index >= 15 is 0 Å². The zero-order valence-electron chi connectivity index (χ0n) is 10.1. The summed E-state index contributed by atoms with van der Waals surface area (Å²) in [6.07, 6.45) is 0. The molecule has 2 aromatic rings. The molecule has 2 aromatic carbocycles. The molecule has 0 radical (unpaired) electrons. The SMILES string of the molecule is CC(Nc1ccc(Br)c(F)c1)c1ccc(F)cc1F. The highest BCUT2D eigenvalue weighted by Crippen LogP contribution is 2.25. The first-order chi connectivity index (χ1) is 8.97. The molecule has 0 saturated heterocycles. The molecule has 0 heterocycles. The Hall–Kier alpha value is -1.49. The fraction of sp³-hybridized carbons (Fsp3) is 0.143. The zero-order valence-corrected chi connectivity index (χ0v) is 11.6. The third-order valence-electron chi connectivity index (χ3n) is 2.73. The Balaban J connectivity index is 2.20. The van der Waals surface area contributed by atoms with Gasteiger partial charge in [-0.05, 0) is 47.1 Å². The molecule has 100 valence electrons. The third kappa shape index (κ3) is 3.29. The van der Waals surface area contributed by atoms with Crippen molar-refractivity contribution in [3.05, 3.63) is 63.9 Å². The van der Waals surface area contributed by atoms with Crippen LogP contribution >= 0.6 is 15.9 Å². The van der Waals surface area contributed by atoms with Gasteiger partial charge in [-0.15, -0.1) is 0 Å². The minimum Gasteiger partial charge on any atom is -0.378 e. The minimum atomic E-state index is -0.627. The Labute approximate surface area is 117 Å². The van der Waals surface area contributed by atoms with Crippen molar-refractivity contribution in [2.75, 3.05) is 5.32 Å². The predicted octanol–water partition coefficient (Wildman–Crippen LogP) is 5.04. The highest BCUT2D eigenvalue weighted by molar-refractivity contribution is 9.10. The zero-order chi connectivity index (χ0) is 14.0. The minimum absolute atomic E-state index is 0.324. The Morgan fingerprint density at radius 2 is 1.74 bits per heavy atom. The van der Waals surface area contributed by atoms with Crippen LogP contribution in [0.3, 0.4) is 0 Å². The van der Waals surface area contributed by atoms with Crippen molar-refractivity contribution in [1.29, 1.82) is 0 Å². The molecule has 0 aromatic heterocycles. The quantitative estimate of drug-likeness (QED) is 0.831. The fourth-order valence-corrected chi connectivity index (χ4v) is 2.01. The second-order valence-electron chi connectivity index (χ2n) is 4.16. The normalized spacial score (nSPS) is 12.3. The highest BCUT2D eigenvalue weighted by atomic mass is 79.9. The lowest BCUT2D eigenvalue weighted by Crippen LogP contribution is -2.09. The summed E-state index contributed by atoms with van der Waals surface area (Å²) in [6.45, 7) is 1.72. The second-order valence-corrected chi connectivity index (χ2v) is 5.02. The highest BCUT2D eigenvalue weighted by Gasteiger charge is 2.12. The lowest BCUT2D eigenvalue weighted by Gasteiger charge is -2.16. The van der Waals surface area contributed by atoms with E-state index < -0.39 is 23.5 Å². The van der Waals surface area contributed by atoms with Gasteiger partial charge in [0.1, 0.15) is 17.5 Å². The summed E-state index contributed by atoms with van der Waals surface area (Å²) in [5, 5.41) is 2.96. The van der Waals surface area contributed by atoms with Gasteiger partial charge in [0, 0.05) is 17.3 Å². The molecule has 1 N–H and O–H groups in total. The molecule has 0 aliphatic carbocycles. The monoisotopic (exact) mass is 329 g/mol. The number of benzene rings is 2. The van der Waals surface area contributed by atoms with Gasteiger partial charge in [0.25, 0.3) is 0 Å². The lowest BCUT2D eigenvalue weighted by molar-refractivity contribution is 0.566. The molecular formula is C14H11BrF3N. The first-order valence-electron chi connectivity index (χ1n) is 5.64. The van der Waals surface area contributed by atoms with Crippen LogP contribution in [-0.4, -0.2) is 0 Å². The van der Waals surface area contributed by atoms with E-state index in [1.165, 1.54) is 18.2 Å². The summed E-state index contributed by atoms with van der Waals surface area (Å²) >= 11 is 3.06. The van der Waals surface area contributed by atoms with Gasteiger partial charge in [-0.2, -0.15) is 0 Å². The molecule has 0 saturated carbocycles. The van der Waals surface area contributed by atoms with Crippen LogP contribution in [0.15, 0.2) is 40.9 Å². The van der Waals surface area contributed by atoms with Gasteiger partial charge in [-0.1, -0.05) is 6.07 Å². The van der Waals surface area contributed by atoms with E-state index in [1.807, 2.05) is 0 Å². The Kier molecular flexibility index (Phi) is 4.14. The molecule has 1 unspecified atom stereocenters. The number of nitrogens with one attached hydrogen (secondary N) is 1. The van der Waals surface area contributed by atoms with Gasteiger partial charge >= 0.3 is 0 Å². The molecule has 2 rings (SSSR count). The van der Waals surface area contributed by atoms with Gasteiger partial charge in [0.05, 0.1) is 10.5 Å². The van der Waals surface area contributed by atoms with Crippen molar-refractivity contribution in [3.63, 3.8) is 0 Å². The average Bonchev–Trinajstić information content (AvgIpc) is 2.33. The van der Waals surface area contributed by atoms with Crippen LogP contribution in [0.5, 0.6) is 0 Å². The van der Waals surface area contributed by atoms with Crippen LogP contribution in [0, 0.1) is 17.5 Å². The number of anilines is 1. The summed E-state index contributed by atoms with van der Waals surface area (Å²) in [4.78, 5) is 0. The van der Waals surface area contributed by atoms with Crippen LogP contribution in [0.1, 0.15) is 18.5 Å². The van der Waals surface area contributed by atoms with Crippen molar-refractivity contribution in [2.24, 2.45) is 0 Å². The largest absolute Gasteiger partial charge is 0.378 e. The molecule has 1 atom stereocenters. The average molecular weight is 330 g/mol. The van der Waals surface area contributed by atoms with Gasteiger partial charge in [-0.3, -0.25) is 0 Å². The molecular weight excluding hydrogens is 319 g/mol. The summed E-state index contributed by atoms with van der Waals surface area (Å²) in [5.74, 6) is -1.66. The predicted molar refractivity (Wildman–Crippen MR) is 72.5 cm³/mol.